The Bertz CT molecular complexity index is 1060. The topological polar surface area (TPSA) is 49.3 Å². The first-order valence-electron chi connectivity index (χ1n) is 8.99. The summed E-state index contributed by atoms with van der Waals surface area (Å²) < 4.78 is 4.46. The molecule has 8 heteroatoms. The molecule has 1 fully saturated rings. The van der Waals surface area contributed by atoms with Gasteiger partial charge in [-0.05, 0) is 18.2 Å². The molecule has 0 unspecified atom stereocenters. The number of rotatable bonds is 2. The van der Waals surface area contributed by atoms with Crippen molar-refractivity contribution in [3.05, 3.63) is 64.1 Å². The van der Waals surface area contributed by atoms with Crippen molar-refractivity contribution in [2.45, 2.75) is 0 Å². The lowest BCUT2D eigenvalue weighted by Gasteiger charge is -2.33. The van der Waals surface area contributed by atoms with Gasteiger partial charge >= 0.3 is 0 Å². The minimum atomic E-state index is -0.206. The van der Waals surface area contributed by atoms with Gasteiger partial charge in [-0.25, -0.2) is 0 Å². The first-order chi connectivity index (χ1) is 14.1. The average Bonchev–Trinajstić information content (AvgIpc) is 3.22. The highest BCUT2D eigenvalue weighted by Crippen LogP contribution is 2.24. The zero-order chi connectivity index (χ0) is 20.2. The smallest absolute Gasteiger partial charge is 0.298 e. The standard InChI is InChI=1S/C21H16Cl2N4OS/c22-17-12-15(13-18(23)14-17)6-7-19(28)26-8-10-27(11-9-26)21-24-20(25-29-21)16-4-2-1-3-5-16/h1-5,12-14H,8-11H2. The van der Waals surface area contributed by atoms with Gasteiger partial charge in [0.15, 0.2) is 5.82 Å². The van der Waals surface area contributed by atoms with E-state index in [1.807, 2.05) is 30.3 Å². The van der Waals surface area contributed by atoms with Gasteiger partial charge in [-0.15, -0.1) is 0 Å². The van der Waals surface area contributed by atoms with Crippen molar-refractivity contribution in [2.75, 3.05) is 31.1 Å². The van der Waals surface area contributed by atoms with E-state index in [4.69, 9.17) is 23.2 Å². The summed E-state index contributed by atoms with van der Waals surface area (Å²) in [5.41, 5.74) is 1.62. The molecule has 1 amide bonds. The molecule has 4 rings (SSSR count). The van der Waals surface area contributed by atoms with Crippen molar-refractivity contribution in [1.29, 1.82) is 0 Å². The van der Waals surface area contributed by atoms with E-state index >= 15 is 0 Å². The molecule has 2 heterocycles. The Morgan fingerprint density at radius 3 is 2.38 bits per heavy atom. The van der Waals surface area contributed by atoms with E-state index in [1.54, 1.807) is 23.1 Å². The van der Waals surface area contributed by atoms with Crippen LogP contribution in [0.1, 0.15) is 5.56 Å². The number of piperazine rings is 1. The number of carbonyl (C=O) groups excluding carboxylic acids is 1. The zero-order valence-corrected chi connectivity index (χ0v) is 17.6. The maximum Gasteiger partial charge on any atom is 0.298 e. The summed E-state index contributed by atoms with van der Waals surface area (Å²) in [6.45, 7) is 2.56. The van der Waals surface area contributed by atoms with E-state index in [9.17, 15) is 4.79 Å². The summed E-state index contributed by atoms with van der Waals surface area (Å²) in [6.07, 6.45) is 0. The van der Waals surface area contributed by atoms with Gasteiger partial charge in [0.1, 0.15) is 0 Å². The monoisotopic (exact) mass is 442 g/mol. The second-order valence-electron chi connectivity index (χ2n) is 6.45. The summed E-state index contributed by atoms with van der Waals surface area (Å²) in [5, 5.41) is 1.86. The Morgan fingerprint density at radius 1 is 1.00 bits per heavy atom. The third-order valence-electron chi connectivity index (χ3n) is 4.46. The van der Waals surface area contributed by atoms with E-state index in [-0.39, 0.29) is 5.91 Å². The second-order valence-corrected chi connectivity index (χ2v) is 8.06. The maximum atomic E-state index is 12.4. The molecule has 0 bridgehead atoms. The number of amides is 1. The van der Waals surface area contributed by atoms with E-state index in [0.717, 1.165) is 16.5 Å². The third-order valence-corrected chi connectivity index (χ3v) is 5.67. The van der Waals surface area contributed by atoms with Crippen LogP contribution in [0.4, 0.5) is 5.13 Å². The Hall–Kier alpha value is -2.59. The molecule has 1 aromatic heterocycles. The predicted molar refractivity (Wildman–Crippen MR) is 117 cm³/mol. The lowest BCUT2D eigenvalue weighted by Crippen LogP contribution is -2.48. The molecule has 0 spiro atoms. The van der Waals surface area contributed by atoms with Crippen LogP contribution in [-0.4, -0.2) is 46.3 Å². The molecule has 1 aliphatic heterocycles. The van der Waals surface area contributed by atoms with Gasteiger partial charge in [0.25, 0.3) is 5.91 Å². The largest absolute Gasteiger partial charge is 0.343 e. The van der Waals surface area contributed by atoms with Crippen molar-refractivity contribution < 1.29 is 4.79 Å². The maximum absolute atomic E-state index is 12.4. The summed E-state index contributed by atoms with van der Waals surface area (Å²) >= 11 is 13.3. The Labute approximate surface area is 183 Å². The second kappa shape index (κ2) is 8.83. The molecular weight excluding hydrogens is 427 g/mol. The highest BCUT2D eigenvalue weighted by Gasteiger charge is 2.22. The minimum Gasteiger partial charge on any atom is -0.343 e. The molecule has 3 aromatic rings. The Kier molecular flexibility index (Phi) is 6.00. The van der Waals surface area contributed by atoms with E-state index in [2.05, 4.69) is 26.1 Å². The minimum absolute atomic E-state index is 0.206. The lowest BCUT2D eigenvalue weighted by atomic mass is 10.2. The van der Waals surface area contributed by atoms with Crippen LogP contribution in [0.3, 0.4) is 0 Å². The van der Waals surface area contributed by atoms with Gasteiger partial charge in [-0.1, -0.05) is 59.5 Å². The number of carbonyl (C=O) groups is 1. The highest BCUT2D eigenvalue weighted by molar-refractivity contribution is 7.09. The highest BCUT2D eigenvalue weighted by atomic mass is 35.5. The van der Waals surface area contributed by atoms with Crippen molar-refractivity contribution in [1.82, 2.24) is 14.3 Å². The van der Waals surface area contributed by atoms with Crippen LogP contribution in [0.15, 0.2) is 48.5 Å². The number of anilines is 1. The number of halogens is 2. The molecule has 0 aliphatic carbocycles. The van der Waals surface area contributed by atoms with E-state index in [1.165, 1.54) is 11.5 Å². The van der Waals surface area contributed by atoms with Crippen LogP contribution in [0.2, 0.25) is 10.0 Å². The molecule has 1 aliphatic rings. The van der Waals surface area contributed by atoms with Crippen molar-refractivity contribution >= 4 is 45.8 Å². The number of benzene rings is 2. The SMILES string of the molecule is O=C(C#Cc1cc(Cl)cc(Cl)c1)N1CCN(c2nc(-c3ccccc3)ns2)CC1. The normalized spacial score (nSPS) is 13.7. The summed E-state index contributed by atoms with van der Waals surface area (Å²) in [7, 11) is 0. The van der Waals surface area contributed by atoms with Crippen molar-refractivity contribution in [2.24, 2.45) is 0 Å². The Balaban J connectivity index is 1.37. The first kappa shape index (κ1) is 19.7. The van der Waals surface area contributed by atoms with Gasteiger partial charge in [0, 0.05) is 64.8 Å². The molecule has 146 valence electrons. The van der Waals surface area contributed by atoms with Crippen LogP contribution in [0.25, 0.3) is 11.4 Å². The number of nitrogens with zero attached hydrogens (tertiary/aromatic N) is 4. The number of hydrogen-bond acceptors (Lipinski definition) is 5. The number of aromatic nitrogens is 2. The van der Waals surface area contributed by atoms with Crippen LogP contribution in [0.5, 0.6) is 0 Å². The molecule has 1 saturated heterocycles. The van der Waals surface area contributed by atoms with Gasteiger partial charge in [0.2, 0.25) is 5.13 Å². The molecule has 29 heavy (non-hydrogen) atoms. The summed E-state index contributed by atoms with van der Waals surface area (Å²) in [6, 6.07) is 14.9. The van der Waals surface area contributed by atoms with Crippen LogP contribution in [-0.2, 0) is 4.79 Å². The molecule has 0 N–H and O–H groups in total. The van der Waals surface area contributed by atoms with Crippen LogP contribution >= 0.6 is 34.7 Å². The fraction of sp³-hybridized carbons (Fsp3) is 0.190. The van der Waals surface area contributed by atoms with Gasteiger partial charge in [-0.2, -0.15) is 9.36 Å². The molecule has 0 atom stereocenters. The van der Waals surface area contributed by atoms with E-state index < -0.39 is 0 Å². The zero-order valence-electron chi connectivity index (χ0n) is 15.3. The van der Waals surface area contributed by atoms with Gasteiger partial charge in [-0.3, -0.25) is 4.79 Å². The quantitative estimate of drug-likeness (QED) is 0.557. The number of hydrogen-bond donors (Lipinski definition) is 0. The van der Waals surface area contributed by atoms with Crippen LogP contribution in [0, 0.1) is 11.8 Å². The predicted octanol–water partition coefficient (Wildman–Crippen LogP) is 4.21. The van der Waals surface area contributed by atoms with E-state index in [0.29, 0.717) is 41.8 Å². The van der Waals surface area contributed by atoms with Crippen LogP contribution < -0.4 is 4.90 Å². The molecular formula is C21H16Cl2N4OS. The fourth-order valence-corrected chi connectivity index (χ4v) is 4.25. The van der Waals surface area contributed by atoms with Crippen molar-refractivity contribution in [3.63, 3.8) is 0 Å². The third kappa shape index (κ3) is 4.88. The molecule has 5 nitrogen and oxygen atoms in total. The van der Waals surface area contributed by atoms with Crippen molar-refractivity contribution in [3.8, 4) is 23.2 Å². The summed E-state index contributed by atoms with van der Waals surface area (Å²) in [4.78, 5) is 21.0. The average molecular weight is 443 g/mol. The Morgan fingerprint density at radius 2 is 1.69 bits per heavy atom. The molecule has 2 aromatic carbocycles. The molecule has 0 radical (unpaired) electrons. The lowest BCUT2D eigenvalue weighted by molar-refractivity contribution is -0.125. The summed E-state index contributed by atoms with van der Waals surface area (Å²) in [5.74, 6) is 6.05. The van der Waals surface area contributed by atoms with Gasteiger partial charge in [0.05, 0.1) is 0 Å². The first-order valence-corrected chi connectivity index (χ1v) is 10.5. The fourth-order valence-electron chi connectivity index (χ4n) is 2.98. The van der Waals surface area contributed by atoms with Gasteiger partial charge < -0.3 is 9.80 Å². The molecule has 0 saturated carbocycles.